The molecule has 0 saturated heterocycles. The highest BCUT2D eigenvalue weighted by Gasteiger charge is 2.20. The third-order valence-corrected chi connectivity index (χ3v) is 7.50. The van der Waals surface area contributed by atoms with Crippen LogP contribution in [0.5, 0.6) is 5.75 Å². The van der Waals surface area contributed by atoms with Crippen molar-refractivity contribution >= 4 is 28.6 Å². The zero-order valence-electron chi connectivity index (χ0n) is 23.5. The predicted molar refractivity (Wildman–Crippen MR) is 164 cm³/mol. The van der Waals surface area contributed by atoms with Gasteiger partial charge in [0.15, 0.2) is 0 Å². The van der Waals surface area contributed by atoms with Gasteiger partial charge in [0.25, 0.3) is 5.91 Å². The van der Waals surface area contributed by atoms with Gasteiger partial charge in [-0.15, -0.1) is 11.3 Å². The molecule has 1 fully saturated rings. The minimum absolute atomic E-state index is 0. The lowest BCUT2D eigenvalue weighted by molar-refractivity contribution is -0.112. The molecule has 0 radical (unpaired) electrons. The Labute approximate surface area is 237 Å². The Hall–Kier alpha value is -3.71. The van der Waals surface area contributed by atoms with Gasteiger partial charge in [-0.25, -0.2) is 9.97 Å². The number of imidazole rings is 1. The second kappa shape index (κ2) is 13.4. The van der Waals surface area contributed by atoms with E-state index in [1.54, 1.807) is 11.3 Å². The van der Waals surface area contributed by atoms with Crippen molar-refractivity contribution in [2.45, 2.75) is 72.8 Å². The number of anilines is 1. The van der Waals surface area contributed by atoms with Crippen molar-refractivity contribution in [3.05, 3.63) is 88.0 Å². The molecule has 0 atom stereocenters. The Bertz CT molecular complexity index is 1480. The normalized spacial score (nSPS) is 14.3. The van der Waals surface area contributed by atoms with Crippen molar-refractivity contribution in [2.24, 2.45) is 0 Å². The first-order valence-corrected chi connectivity index (χ1v) is 14.8. The topological polar surface area (TPSA) is 68.5 Å². The number of amides is 1. The quantitative estimate of drug-likeness (QED) is 0.253. The number of aromatic nitrogens is 3. The first-order valence-electron chi connectivity index (χ1n) is 14.0. The molecule has 1 N–H and O–H groups in total. The van der Waals surface area contributed by atoms with E-state index >= 15 is 0 Å². The van der Waals surface area contributed by atoms with Crippen LogP contribution in [-0.4, -0.2) is 26.4 Å². The Morgan fingerprint density at radius 2 is 1.95 bits per heavy atom. The van der Waals surface area contributed by atoms with E-state index in [4.69, 9.17) is 9.72 Å². The van der Waals surface area contributed by atoms with Crippen LogP contribution in [-0.2, 0) is 11.2 Å². The summed E-state index contributed by atoms with van der Waals surface area (Å²) in [4.78, 5) is 22.2. The number of hydrogen-bond donors (Lipinski definition) is 1. The Morgan fingerprint density at radius 1 is 1.15 bits per heavy atom. The highest BCUT2D eigenvalue weighted by atomic mass is 32.1. The highest BCUT2D eigenvalue weighted by molar-refractivity contribution is 7.10. The van der Waals surface area contributed by atoms with Crippen LogP contribution < -0.4 is 10.1 Å². The number of para-hydroxylation sites is 1. The number of pyridine rings is 1. The average Bonchev–Trinajstić information content (AvgIpc) is 3.70. The summed E-state index contributed by atoms with van der Waals surface area (Å²) < 4.78 is 8.06. The van der Waals surface area contributed by atoms with E-state index in [9.17, 15) is 4.79 Å². The molecule has 0 bridgehead atoms. The molecule has 1 saturated carbocycles. The minimum atomic E-state index is -0.0447. The van der Waals surface area contributed by atoms with Gasteiger partial charge in [0.1, 0.15) is 11.4 Å². The SMILES string of the molecule is CC.CC.Cc1ccccc1NC(=O)C1=CC=C(Cc2nc(-c3cnc4cc(OC5CCC5)ccn34)cs2)C1.[HH]. The summed E-state index contributed by atoms with van der Waals surface area (Å²) >= 11 is 1.64. The van der Waals surface area contributed by atoms with Crippen molar-refractivity contribution < 1.29 is 11.0 Å². The molecule has 39 heavy (non-hydrogen) atoms. The van der Waals surface area contributed by atoms with Crippen molar-refractivity contribution in [1.82, 2.24) is 14.4 Å². The summed E-state index contributed by atoms with van der Waals surface area (Å²) in [5.41, 5.74) is 6.62. The molecule has 2 aliphatic carbocycles. The van der Waals surface area contributed by atoms with Crippen LogP contribution in [0.15, 0.2) is 77.5 Å². The molecule has 6 nitrogen and oxygen atoms in total. The fraction of sp³-hybridized carbons (Fsp3) is 0.344. The second-order valence-corrected chi connectivity index (χ2v) is 10.1. The van der Waals surface area contributed by atoms with E-state index in [2.05, 4.69) is 20.1 Å². The van der Waals surface area contributed by atoms with Crippen molar-refractivity contribution in [3.63, 3.8) is 0 Å². The molecular weight excluding hydrogens is 504 g/mol. The van der Waals surface area contributed by atoms with Crippen LogP contribution >= 0.6 is 11.3 Å². The first-order chi connectivity index (χ1) is 19.1. The fourth-order valence-corrected chi connectivity index (χ4v) is 5.22. The van der Waals surface area contributed by atoms with Gasteiger partial charge in [0, 0.05) is 36.8 Å². The van der Waals surface area contributed by atoms with Crippen LogP contribution in [0.2, 0.25) is 0 Å². The molecule has 7 heteroatoms. The average molecular weight is 545 g/mol. The molecule has 0 aliphatic heterocycles. The minimum Gasteiger partial charge on any atom is -0.490 e. The Kier molecular flexibility index (Phi) is 9.71. The Morgan fingerprint density at radius 3 is 2.69 bits per heavy atom. The van der Waals surface area contributed by atoms with Crippen LogP contribution in [0.4, 0.5) is 5.69 Å². The number of carbonyl (C=O) groups excluding carboxylic acids is 1. The van der Waals surface area contributed by atoms with E-state index in [1.807, 2.05) is 95.6 Å². The van der Waals surface area contributed by atoms with Gasteiger partial charge in [0.2, 0.25) is 0 Å². The number of allylic oxidation sites excluding steroid dienone is 3. The van der Waals surface area contributed by atoms with Crippen LogP contribution in [0, 0.1) is 6.92 Å². The number of fused-ring (bicyclic) bond motifs is 1. The summed E-state index contributed by atoms with van der Waals surface area (Å²) in [7, 11) is 0. The number of benzene rings is 1. The summed E-state index contributed by atoms with van der Waals surface area (Å²) in [6, 6.07) is 11.8. The van der Waals surface area contributed by atoms with Crippen molar-refractivity contribution in [3.8, 4) is 17.1 Å². The number of carbonyl (C=O) groups is 1. The van der Waals surface area contributed by atoms with Gasteiger partial charge in [-0.2, -0.15) is 0 Å². The molecule has 0 unspecified atom stereocenters. The van der Waals surface area contributed by atoms with E-state index in [1.165, 1.54) is 12.0 Å². The first kappa shape index (κ1) is 28.3. The van der Waals surface area contributed by atoms with E-state index in [0.717, 1.165) is 63.9 Å². The maximum absolute atomic E-state index is 12.7. The number of nitrogens with zero attached hydrogens (tertiary/aromatic N) is 3. The highest BCUT2D eigenvalue weighted by Crippen LogP contribution is 2.30. The van der Waals surface area contributed by atoms with Crippen LogP contribution in [0.1, 0.15) is 65.4 Å². The number of hydrogen-bond acceptors (Lipinski definition) is 5. The predicted octanol–water partition coefficient (Wildman–Crippen LogP) is 8.43. The molecule has 1 amide bonds. The molecule has 0 spiro atoms. The van der Waals surface area contributed by atoms with Gasteiger partial charge < -0.3 is 10.1 Å². The van der Waals surface area contributed by atoms with Gasteiger partial charge in [-0.3, -0.25) is 9.20 Å². The van der Waals surface area contributed by atoms with Gasteiger partial charge >= 0.3 is 0 Å². The van der Waals surface area contributed by atoms with Crippen molar-refractivity contribution in [2.75, 3.05) is 5.32 Å². The third kappa shape index (κ3) is 6.66. The lowest BCUT2D eigenvalue weighted by Gasteiger charge is -2.26. The zero-order chi connectivity index (χ0) is 27.8. The number of rotatable bonds is 7. The van der Waals surface area contributed by atoms with Gasteiger partial charge in [0.05, 0.1) is 28.7 Å². The third-order valence-electron chi connectivity index (χ3n) is 6.65. The van der Waals surface area contributed by atoms with Crippen LogP contribution in [0.3, 0.4) is 0 Å². The zero-order valence-corrected chi connectivity index (χ0v) is 24.3. The fourth-order valence-electron chi connectivity index (χ4n) is 4.38. The maximum atomic E-state index is 12.7. The summed E-state index contributed by atoms with van der Waals surface area (Å²) in [6.45, 7) is 9.99. The van der Waals surface area contributed by atoms with Crippen LogP contribution in [0.25, 0.3) is 17.0 Å². The summed E-state index contributed by atoms with van der Waals surface area (Å²) in [6.07, 6.45) is 13.1. The van der Waals surface area contributed by atoms with E-state index in [0.29, 0.717) is 12.5 Å². The molecule has 4 aromatic rings. The molecule has 1 aromatic carbocycles. The maximum Gasteiger partial charge on any atom is 0.251 e. The number of ether oxygens (including phenoxy) is 1. The Balaban J connectivity index is 0.000000846. The standard InChI is InChI=1S/C28H26N4O2S.2C2H6.H2/c1-18-5-2-3-8-23(18)31-28(33)20-10-9-19(13-20)14-27-30-24(17-35-27)25-16-29-26-15-22(11-12-32(25)26)34-21-6-4-7-21;2*1-2;/h2-3,5,8-12,15-17,21H,4,6-7,13-14H2,1H3,(H,31,33);2*1-2H3;1H. The largest absolute Gasteiger partial charge is 0.490 e. The molecular formula is C32H40N4O2S. The van der Waals surface area contributed by atoms with Gasteiger partial charge in [-0.05, 0) is 50.3 Å². The van der Waals surface area contributed by atoms with E-state index < -0.39 is 0 Å². The smallest absolute Gasteiger partial charge is 0.251 e. The number of aryl methyl sites for hydroxylation is 1. The number of nitrogens with one attached hydrogen (secondary N) is 1. The molecule has 3 aromatic heterocycles. The lowest BCUT2D eigenvalue weighted by Crippen LogP contribution is -2.24. The molecule has 206 valence electrons. The lowest BCUT2D eigenvalue weighted by atomic mass is 9.96. The van der Waals surface area contributed by atoms with Gasteiger partial charge in [-0.1, -0.05) is 63.6 Å². The second-order valence-electron chi connectivity index (χ2n) is 9.17. The molecule has 6 rings (SSSR count). The molecule has 3 heterocycles. The number of thiazole rings is 1. The van der Waals surface area contributed by atoms with Crippen molar-refractivity contribution in [1.29, 1.82) is 0 Å². The van der Waals surface area contributed by atoms with E-state index in [-0.39, 0.29) is 7.33 Å². The summed E-state index contributed by atoms with van der Waals surface area (Å²) in [5.74, 6) is 0.831. The molecule has 2 aliphatic rings. The summed E-state index contributed by atoms with van der Waals surface area (Å²) in [5, 5.41) is 6.13. The monoisotopic (exact) mass is 544 g/mol.